The Kier molecular flexibility index (Phi) is 3.86. The van der Waals surface area contributed by atoms with E-state index in [1.165, 1.54) is 0 Å². The van der Waals surface area contributed by atoms with Crippen LogP contribution in [-0.2, 0) is 0 Å². The van der Waals surface area contributed by atoms with Gasteiger partial charge in [-0.2, -0.15) is 0 Å². The molecule has 19 heavy (non-hydrogen) atoms. The molecule has 0 saturated carbocycles. The van der Waals surface area contributed by atoms with E-state index in [2.05, 4.69) is 15.5 Å². The van der Waals surface area contributed by atoms with E-state index in [1.807, 2.05) is 0 Å². The average Bonchev–Trinajstić information content (AvgIpc) is 2.87. The Bertz CT molecular complexity index is 554. The van der Waals surface area contributed by atoms with Crippen molar-refractivity contribution in [3.8, 4) is 11.5 Å². The van der Waals surface area contributed by atoms with Crippen molar-refractivity contribution in [1.82, 2.24) is 10.2 Å². The van der Waals surface area contributed by atoms with Crippen LogP contribution in [-0.4, -0.2) is 24.4 Å². The molecule has 1 aromatic carbocycles. The zero-order valence-corrected chi connectivity index (χ0v) is 11.0. The van der Waals surface area contributed by atoms with Gasteiger partial charge in [-0.05, 0) is 19.1 Å². The largest absolute Gasteiger partial charge is 0.497 e. The highest BCUT2D eigenvalue weighted by molar-refractivity contribution is 5.64. The van der Waals surface area contributed by atoms with E-state index >= 15 is 0 Å². The molecular weight excluding hydrogens is 248 g/mol. The highest BCUT2D eigenvalue weighted by atomic mass is 16.5. The summed E-state index contributed by atoms with van der Waals surface area (Å²) >= 11 is 0. The fourth-order valence-corrected chi connectivity index (χ4v) is 1.50. The summed E-state index contributed by atoms with van der Waals surface area (Å²) in [5, 5.41) is 10.7. The first kappa shape index (κ1) is 13.2. The van der Waals surface area contributed by atoms with Crippen LogP contribution in [0, 0.1) is 0 Å². The number of ether oxygens (including phenoxy) is 2. The minimum atomic E-state index is -0.310. The minimum absolute atomic E-state index is 0.249. The minimum Gasteiger partial charge on any atom is -0.497 e. The van der Waals surface area contributed by atoms with Gasteiger partial charge in [0.05, 0.1) is 25.9 Å². The zero-order valence-electron chi connectivity index (χ0n) is 11.0. The van der Waals surface area contributed by atoms with Gasteiger partial charge < -0.3 is 24.9 Å². The molecule has 1 aromatic heterocycles. The second kappa shape index (κ2) is 5.57. The molecule has 0 radical (unpaired) electrons. The number of nitrogens with one attached hydrogen (secondary N) is 1. The molecule has 0 aliphatic heterocycles. The summed E-state index contributed by atoms with van der Waals surface area (Å²) in [4.78, 5) is 0. The van der Waals surface area contributed by atoms with Crippen LogP contribution in [0.3, 0.4) is 0 Å². The quantitative estimate of drug-likeness (QED) is 0.850. The van der Waals surface area contributed by atoms with Crippen LogP contribution in [0.5, 0.6) is 11.5 Å². The van der Waals surface area contributed by atoms with Gasteiger partial charge in [-0.3, -0.25) is 0 Å². The number of anilines is 2. The molecule has 1 unspecified atom stereocenters. The Hall–Kier alpha value is -2.28. The van der Waals surface area contributed by atoms with Gasteiger partial charge >= 0.3 is 6.01 Å². The van der Waals surface area contributed by atoms with Gasteiger partial charge in [-0.25, -0.2) is 0 Å². The summed E-state index contributed by atoms with van der Waals surface area (Å²) in [5.74, 6) is 1.70. The van der Waals surface area contributed by atoms with E-state index in [0.717, 1.165) is 0 Å². The Balaban J connectivity index is 2.25. The zero-order chi connectivity index (χ0) is 13.8. The van der Waals surface area contributed by atoms with Crippen LogP contribution < -0.4 is 20.5 Å². The molecule has 7 heteroatoms. The lowest BCUT2D eigenvalue weighted by molar-refractivity contribution is 0.404. The molecule has 0 spiro atoms. The molecule has 7 nitrogen and oxygen atoms in total. The number of hydrogen-bond donors (Lipinski definition) is 2. The van der Waals surface area contributed by atoms with Crippen molar-refractivity contribution in [2.45, 2.75) is 13.0 Å². The summed E-state index contributed by atoms with van der Waals surface area (Å²) in [7, 11) is 3.17. The number of aromatic nitrogens is 2. The Morgan fingerprint density at radius 2 is 2.05 bits per heavy atom. The summed E-state index contributed by atoms with van der Waals surface area (Å²) in [6.45, 7) is 1.77. The van der Waals surface area contributed by atoms with Crippen molar-refractivity contribution in [2.24, 2.45) is 5.73 Å². The summed E-state index contributed by atoms with van der Waals surface area (Å²) < 4.78 is 15.8. The van der Waals surface area contributed by atoms with Gasteiger partial charge in [-0.1, -0.05) is 5.10 Å². The summed E-state index contributed by atoms with van der Waals surface area (Å²) in [6.07, 6.45) is 0. The first-order chi connectivity index (χ1) is 9.13. The summed E-state index contributed by atoms with van der Waals surface area (Å²) in [5.41, 5.74) is 6.32. The molecule has 3 N–H and O–H groups in total. The second-order valence-corrected chi connectivity index (χ2v) is 3.93. The van der Waals surface area contributed by atoms with Crippen LogP contribution in [0.4, 0.5) is 11.7 Å². The Morgan fingerprint density at radius 3 is 2.63 bits per heavy atom. The number of benzene rings is 1. The lowest BCUT2D eigenvalue weighted by Crippen LogP contribution is -2.04. The van der Waals surface area contributed by atoms with E-state index < -0.39 is 0 Å². The molecule has 0 aliphatic carbocycles. The topological polar surface area (TPSA) is 95.4 Å². The fourth-order valence-electron chi connectivity index (χ4n) is 1.50. The number of hydrogen-bond acceptors (Lipinski definition) is 7. The number of methoxy groups -OCH3 is 2. The van der Waals surface area contributed by atoms with Crippen LogP contribution in [0.1, 0.15) is 18.9 Å². The van der Waals surface area contributed by atoms with Gasteiger partial charge in [-0.15, -0.1) is 5.10 Å². The van der Waals surface area contributed by atoms with E-state index in [-0.39, 0.29) is 12.1 Å². The molecule has 0 amide bonds. The third kappa shape index (κ3) is 2.94. The van der Waals surface area contributed by atoms with Gasteiger partial charge in [0, 0.05) is 6.07 Å². The van der Waals surface area contributed by atoms with E-state index in [0.29, 0.717) is 23.1 Å². The van der Waals surface area contributed by atoms with Crippen molar-refractivity contribution in [3.63, 3.8) is 0 Å². The smallest absolute Gasteiger partial charge is 0.320 e. The van der Waals surface area contributed by atoms with Crippen molar-refractivity contribution in [3.05, 3.63) is 24.1 Å². The van der Waals surface area contributed by atoms with E-state index in [1.54, 1.807) is 39.3 Å². The predicted octanol–water partition coefficient (Wildman–Crippen LogP) is 1.85. The summed E-state index contributed by atoms with van der Waals surface area (Å²) in [6, 6.07) is 5.29. The molecule has 0 bridgehead atoms. The van der Waals surface area contributed by atoms with Crippen LogP contribution >= 0.6 is 0 Å². The fraction of sp³-hybridized carbons (Fsp3) is 0.333. The maximum atomic E-state index is 5.65. The van der Waals surface area contributed by atoms with Gasteiger partial charge in [0.2, 0.25) is 5.89 Å². The SMILES string of the molecule is COc1ccc(OC)c(Nc2nnc(C(C)N)o2)c1. The molecule has 102 valence electrons. The van der Waals surface area contributed by atoms with E-state index in [4.69, 9.17) is 19.6 Å². The predicted molar refractivity (Wildman–Crippen MR) is 69.7 cm³/mol. The van der Waals surface area contributed by atoms with Gasteiger partial charge in [0.1, 0.15) is 11.5 Å². The normalized spacial score (nSPS) is 12.0. The average molecular weight is 264 g/mol. The van der Waals surface area contributed by atoms with Gasteiger partial charge in [0.25, 0.3) is 0 Å². The molecule has 0 saturated heterocycles. The number of rotatable bonds is 5. The third-order valence-corrected chi connectivity index (χ3v) is 2.48. The van der Waals surface area contributed by atoms with Crippen LogP contribution in [0.25, 0.3) is 0 Å². The van der Waals surface area contributed by atoms with Crippen LogP contribution in [0.15, 0.2) is 22.6 Å². The molecule has 1 heterocycles. The number of nitrogens with two attached hydrogens (primary N) is 1. The monoisotopic (exact) mass is 264 g/mol. The number of nitrogens with zero attached hydrogens (tertiary/aromatic N) is 2. The van der Waals surface area contributed by atoms with Gasteiger partial charge in [0.15, 0.2) is 0 Å². The highest BCUT2D eigenvalue weighted by Crippen LogP contribution is 2.31. The molecular formula is C12H16N4O3. The Morgan fingerprint density at radius 1 is 1.26 bits per heavy atom. The lowest BCUT2D eigenvalue weighted by atomic mass is 10.2. The first-order valence-electron chi connectivity index (χ1n) is 5.72. The second-order valence-electron chi connectivity index (χ2n) is 3.93. The molecule has 0 fully saturated rings. The highest BCUT2D eigenvalue weighted by Gasteiger charge is 2.12. The lowest BCUT2D eigenvalue weighted by Gasteiger charge is -2.09. The standard InChI is InChI=1S/C12H16N4O3/c1-7(13)11-15-16-12(19-11)14-9-6-8(17-2)4-5-10(9)18-3/h4-7H,13H2,1-3H3,(H,14,16). The molecule has 1 atom stereocenters. The maximum absolute atomic E-state index is 5.65. The van der Waals surface area contributed by atoms with Crippen LogP contribution in [0.2, 0.25) is 0 Å². The van der Waals surface area contributed by atoms with Crippen molar-refractivity contribution < 1.29 is 13.9 Å². The molecule has 0 aliphatic rings. The van der Waals surface area contributed by atoms with Crippen molar-refractivity contribution in [2.75, 3.05) is 19.5 Å². The third-order valence-electron chi connectivity index (χ3n) is 2.48. The maximum Gasteiger partial charge on any atom is 0.320 e. The van der Waals surface area contributed by atoms with Crippen molar-refractivity contribution >= 4 is 11.7 Å². The Labute approximate surface area is 110 Å². The molecule has 2 rings (SSSR count). The first-order valence-corrected chi connectivity index (χ1v) is 5.72. The van der Waals surface area contributed by atoms with Crippen molar-refractivity contribution in [1.29, 1.82) is 0 Å². The van der Waals surface area contributed by atoms with E-state index in [9.17, 15) is 0 Å². The molecule has 2 aromatic rings.